The van der Waals surface area contributed by atoms with Crippen molar-refractivity contribution in [3.63, 3.8) is 0 Å². The maximum absolute atomic E-state index is 13.8. The van der Waals surface area contributed by atoms with Gasteiger partial charge in [-0.15, -0.1) is 0 Å². The number of nitrogens with one attached hydrogen (secondary N) is 1. The molecule has 0 saturated carbocycles. The average molecular weight is 387 g/mol. The van der Waals surface area contributed by atoms with Gasteiger partial charge in [0.25, 0.3) is 5.91 Å². The van der Waals surface area contributed by atoms with Crippen LogP contribution in [0.15, 0.2) is 78.5 Å². The van der Waals surface area contributed by atoms with E-state index in [1.165, 1.54) is 23.3 Å². The monoisotopic (exact) mass is 387 g/mol. The molecule has 0 aliphatic carbocycles. The summed E-state index contributed by atoms with van der Waals surface area (Å²) < 4.78 is 13.8. The first-order chi connectivity index (χ1) is 14.1. The first-order valence-corrected chi connectivity index (χ1v) is 9.63. The molecule has 1 amide bonds. The second-order valence-electron chi connectivity index (χ2n) is 7.13. The van der Waals surface area contributed by atoms with Crippen LogP contribution in [0.2, 0.25) is 0 Å². The SMILES string of the molecule is CC1=C(c2ccc(NC(=O)c3ccccc3F)cc2)CN(c2ccccn2)CC1. The molecule has 0 atom stereocenters. The molecule has 0 unspecified atom stereocenters. The number of rotatable bonds is 4. The predicted octanol–water partition coefficient (Wildman–Crippen LogP) is 5.16. The first-order valence-electron chi connectivity index (χ1n) is 9.63. The van der Waals surface area contributed by atoms with E-state index in [1.807, 2.05) is 48.7 Å². The number of pyridine rings is 1. The number of hydrogen-bond acceptors (Lipinski definition) is 3. The number of hydrogen-bond donors (Lipinski definition) is 1. The van der Waals surface area contributed by atoms with Crippen LogP contribution in [0.1, 0.15) is 29.3 Å². The van der Waals surface area contributed by atoms with Gasteiger partial charge in [0.2, 0.25) is 0 Å². The number of amides is 1. The van der Waals surface area contributed by atoms with E-state index < -0.39 is 11.7 Å². The molecule has 4 nitrogen and oxygen atoms in total. The molecule has 146 valence electrons. The lowest BCUT2D eigenvalue weighted by molar-refractivity contribution is 0.102. The fraction of sp³-hybridized carbons (Fsp3) is 0.167. The summed E-state index contributed by atoms with van der Waals surface area (Å²) in [6, 6.07) is 19.6. The second-order valence-corrected chi connectivity index (χ2v) is 7.13. The molecule has 0 saturated heterocycles. The van der Waals surface area contributed by atoms with Gasteiger partial charge in [-0.25, -0.2) is 9.37 Å². The predicted molar refractivity (Wildman–Crippen MR) is 114 cm³/mol. The normalized spacial score (nSPS) is 14.1. The van der Waals surface area contributed by atoms with Gasteiger partial charge in [-0.3, -0.25) is 4.79 Å². The molecule has 0 radical (unpaired) electrons. The van der Waals surface area contributed by atoms with Crippen LogP contribution >= 0.6 is 0 Å². The Hall–Kier alpha value is -3.47. The van der Waals surface area contributed by atoms with E-state index in [4.69, 9.17) is 0 Å². The molecule has 29 heavy (non-hydrogen) atoms. The standard InChI is InChI=1S/C24H22FN3O/c1-17-13-15-28(23-8-4-5-14-26-23)16-21(17)18-9-11-19(12-10-18)27-24(29)20-6-2-3-7-22(20)25/h2-12,14H,13,15-16H2,1H3,(H,27,29). The van der Waals surface area contributed by atoms with Crippen LogP contribution in [-0.2, 0) is 0 Å². The zero-order chi connectivity index (χ0) is 20.2. The molecule has 1 aromatic heterocycles. The van der Waals surface area contributed by atoms with Crippen molar-refractivity contribution in [2.24, 2.45) is 0 Å². The van der Waals surface area contributed by atoms with Crippen molar-refractivity contribution >= 4 is 23.0 Å². The van der Waals surface area contributed by atoms with Gasteiger partial charge in [-0.2, -0.15) is 0 Å². The third kappa shape index (κ3) is 4.19. The van der Waals surface area contributed by atoms with Crippen LogP contribution in [0.5, 0.6) is 0 Å². The summed E-state index contributed by atoms with van der Waals surface area (Å²) in [6.45, 7) is 3.91. The molecular formula is C24H22FN3O. The van der Waals surface area contributed by atoms with Crippen molar-refractivity contribution in [1.82, 2.24) is 4.98 Å². The molecule has 3 aromatic rings. The van der Waals surface area contributed by atoms with Crippen LogP contribution in [0, 0.1) is 5.82 Å². The smallest absolute Gasteiger partial charge is 0.258 e. The Morgan fingerprint density at radius 1 is 1.03 bits per heavy atom. The quantitative estimate of drug-likeness (QED) is 0.673. The molecule has 1 N–H and O–H groups in total. The zero-order valence-electron chi connectivity index (χ0n) is 16.2. The van der Waals surface area contributed by atoms with E-state index in [0.717, 1.165) is 30.9 Å². The Morgan fingerprint density at radius 2 is 1.79 bits per heavy atom. The van der Waals surface area contributed by atoms with Gasteiger partial charge in [0, 0.05) is 25.0 Å². The summed E-state index contributed by atoms with van der Waals surface area (Å²) in [7, 11) is 0. The number of aromatic nitrogens is 1. The lowest BCUT2D eigenvalue weighted by Gasteiger charge is -2.31. The van der Waals surface area contributed by atoms with E-state index in [1.54, 1.807) is 12.1 Å². The van der Waals surface area contributed by atoms with Crippen LogP contribution in [0.3, 0.4) is 0 Å². The third-order valence-electron chi connectivity index (χ3n) is 5.20. The van der Waals surface area contributed by atoms with Crippen molar-refractivity contribution in [1.29, 1.82) is 0 Å². The van der Waals surface area contributed by atoms with E-state index in [0.29, 0.717) is 5.69 Å². The highest BCUT2D eigenvalue weighted by Gasteiger charge is 2.19. The lowest BCUT2D eigenvalue weighted by Crippen LogP contribution is -2.31. The topological polar surface area (TPSA) is 45.2 Å². The van der Waals surface area contributed by atoms with Crippen LogP contribution in [0.25, 0.3) is 5.57 Å². The van der Waals surface area contributed by atoms with Gasteiger partial charge in [-0.1, -0.05) is 35.9 Å². The minimum Gasteiger partial charge on any atom is -0.352 e. The summed E-state index contributed by atoms with van der Waals surface area (Å²) in [5.74, 6) is -0.00395. The maximum atomic E-state index is 13.8. The van der Waals surface area contributed by atoms with Gasteiger partial charge in [0.15, 0.2) is 0 Å². The van der Waals surface area contributed by atoms with E-state index in [2.05, 4.69) is 22.1 Å². The Morgan fingerprint density at radius 3 is 2.52 bits per heavy atom. The van der Waals surface area contributed by atoms with Crippen molar-refractivity contribution in [3.05, 3.63) is 95.4 Å². The van der Waals surface area contributed by atoms with Crippen LogP contribution < -0.4 is 10.2 Å². The Balaban J connectivity index is 1.50. The number of anilines is 2. The Bertz CT molecular complexity index is 1050. The second kappa shape index (κ2) is 8.27. The summed E-state index contributed by atoms with van der Waals surface area (Å²) >= 11 is 0. The molecule has 2 heterocycles. The highest BCUT2D eigenvalue weighted by Crippen LogP contribution is 2.29. The van der Waals surface area contributed by atoms with Gasteiger partial charge in [0.1, 0.15) is 11.6 Å². The van der Waals surface area contributed by atoms with Crippen LogP contribution in [-0.4, -0.2) is 24.0 Å². The average Bonchev–Trinajstić information content (AvgIpc) is 2.76. The van der Waals surface area contributed by atoms with Gasteiger partial charge < -0.3 is 10.2 Å². The minimum atomic E-state index is -0.529. The molecule has 4 rings (SSSR count). The number of carbonyl (C=O) groups is 1. The van der Waals surface area contributed by atoms with Gasteiger partial charge in [-0.05, 0) is 60.9 Å². The van der Waals surface area contributed by atoms with Gasteiger partial charge in [0.05, 0.1) is 5.56 Å². The molecule has 2 aromatic carbocycles. The minimum absolute atomic E-state index is 0.0356. The maximum Gasteiger partial charge on any atom is 0.258 e. The van der Waals surface area contributed by atoms with Crippen molar-refractivity contribution in [2.75, 3.05) is 23.3 Å². The molecule has 1 aliphatic heterocycles. The van der Waals surface area contributed by atoms with E-state index in [9.17, 15) is 9.18 Å². The Kier molecular flexibility index (Phi) is 5.38. The lowest BCUT2D eigenvalue weighted by atomic mass is 9.95. The van der Waals surface area contributed by atoms with Crippen molar-refractivity contribution in [3.8, 4) is 0 Å². The number of nitrogens with zero attached hydrogens (tertiary/aromatic N) is 2. The van der Waals surface area contributed by atoms with E-state index >= 15 is 0 Å². The van der Waals surface area contributed by atoms with Crippen molar-refractivity contribution in [2.45, 2.75) is 13.3 Å². The summed E-state index contributed by atoms with van der Waals surface area (Å²) in [6.07, 6.45) is 2.80. The zero-order valence-corrected chi connectivity index (χ0v) is 16.2. The fourth-order valence-corrected chi connectivity index (χ4v) is 3.53. The summed E-state index contributed by atoms with van der Waals surface area (Å²) in [5.41, 5.74) is 4.42. The fourth-order valence-electron chi connectivity index (χ4n) is 3.53. The highest BCUT2D eigenvalue weighted by molar-refractivity contribution is 6.04. The molecule has 0 spiro atoms. The molecule has 0 fully saturated rings. The molecule has 0 bridgehead atoms. The Labute approximate surface area is 169 Å². The van der Waals surface area contributed by atoms with Gasteiger partial charge >= 0.3 is 0 Å². The molecule has 5 heteroatoms. The number of halogens is 1. The molecule has 1 aliphatic rings. The van der Waals surface area contributed by atoms with Crippen LogP contribution in [0.4, 0.5) is 15.9 Å². The summed E-state index contributed by atoms with van der Waals surface area (Å²) in [5, 5.41) is 2.76. The first kappa shape index (κ1) is 18.9. The number of carbonyl (C=O) groups excluding carboxylic acids is 1. The molecular weight excluding hydrogens is 365 g/mol. The largest absolute Gasteiger partial charge is 0.352 e. The van der Waals surface area contributed by atoms with Crippen molar-refractivity contribution < 1.29 is 9.18 Å². The summed E-state index contributed by atoms with van der Waals surface area (Å²) in [4.78, 5) is 19.0. The van der Waals surface area contributed by atoms with E-state index in [-0.39, 0.29) is 5.56 Å². The third-order valence-corrected chi connectivity index (χ3v) is 5.20. The highest BCUT2D eigenvalue weighted by atomic mass is 19.1. The number of benzene rings is 2.